The number of nitrogens with two attached hydrogens (primary N) is 2. The van der Waals surface area contributed by atoms with Gasteiger partial charge in [-0.15, -0.1) is 0 Å². The second kappa shape index (κ2) is 13.9. The van der Waals surface area contributed by atoms with Crippen molar-refractivity contribution < 1.29 is 39.0 Å². The Bertz CT molecular complexity index is 1230. The zero-order chi connectivity index (χ0) is 29.3. The number of rotatable bonds is 15. The second-order valence-electron chi connectivity index (χ2n) is 9.46. The van der Waals surface area contributed by atoms with Crippen molar-refractivity contribution in [2.24, 2.45) is 17.4 Å². The average Bonchev–Trinajstić information content (AvgIpc) is 3.26. The van der Waals surface area contributed by atoms with E-state index in [-0.39, 0.29) is 19.3 Å². The summed E-state index contributed by atoms with van der Waals surface area (Å²) >= 11 is 0. The van der Waals surface area contributed by atoms with Gasteiger partial charge in [-0.2, -0.15) is 0 Å². The highest BCUT2D eigenvalue weighted by Gasteiger charge is 2.33. The molecule has 1 heterocycles. The Labute approximate surface area is 223 Å². The van der Waals surface area contributed by atoms with Crippen molar-refractivity contribution in [1.29, 1.82) is 0 Å². The Morgan fingerprint density at radius 3 is 2.15 bits per heavy atom. The fourth-order valence-electron chi connectivity index (χ4n) is 3.89. The molecule has 1 aromatic carbocycles. The van der Waals surface area contributed by atoms with Crippen LogP contribution in [-0.2, 0) is 35.2 Å². The Kier molecular flexibility index (Phi) is 11.0. The Morgan fingerprint density at radius 1 is 0.923 bits per heavy atom. The summed E-state index contributed by atoms with van der Waals surface area (Å²) in [4.78, 5) is 75.5. The first-order valence-electron chi connectivity index (χ1n) is 12.2. The number of aromatic nitrogens is 1. The summed E-state index contributed by atoms with van der Waals surface area (Å²) in [7, 11) is 0. The first kappa shape index (κ1) is 30.8. The number of carboxylic acid groups (broad SMARTS) is 2. The van der Waals surface area contributed by atoms with Crippen molar-refractivity contribution in [3.63, 3.8) is 0 Å². The lowest BCUT2D eigenvalue weighted by Crippen LogP contribution is -2.59. The van der Waals surface area contributed by atoms with Gasteiger partial charge in [0.15, 0.2) is 0 Å². The maximum absolute atomic E-state index is 13.0. The van der Waals surface area contributed by atoms with Gasteiger partial charge in [0.2, 0.25) is 23.6 Å². The number of aromatic amines is 1. The molecule has 0 aliphatic heterocycles. The van der Waals surface area contributed by atoms with Gasteiger partial charge in [-0.25, -0.2) is 4.79 Å². The summed E-state index contributed by atoms with van der Waals surface area (Å²) in [5.74, 6) is -6.76. The number of primary amides is 1. The molecular weight excluding hydrogens is 512 g/mol. The molecule has 0 radical (unpaired) electrons. The van der Waals surface area contributed by atoms with Crippen LogP contribution in [0.25, 0.3) is 10.9 Å². The van der Waals surface area contributed by atoms with E-state index in [1.54, 1.807) is 20.0 Å². The number of carboxylic acids is 2. The number of nitrogens with one attached hydrogen (secondary N) is 4. The molecule has 4 amide bonds. The minimum absolute atomic E-state index is 0.175. The quantitative estimate of drug-likeness (QED) is 0.136. The smallest absolute Gasteiger partial charge is 0.326 e. The fourth-order valence-corrected chi connectivity index (χ4v) is 3.89. The topological polar surface area (TPSA) is 247 Å². The average molecular weight is 547 g/mol. The minimum atomic E-state index is -1.66. The van der Waals surface area contributed by atoms with Gasteiger partial charge in [0.1, 0.15) is 18.1 Å². The van der Waals surface area contributed by atoms with Crippen molar-refractivity contribution in [3.05, 3.63) is 36.0 Å². The highest BCUT2D eigenvalue weighted by atomic mass is 16.4. The van der Waals surface area contributed by atoms with Gasteiger partial charge in [-0.3, -0.25) is 24.0 Å². The van der Waals surface area contributed by atoms with E-state index in [0.717, 1.165) is 16.5 Å². The number of para-hydroxylation sites is 1. The molecule has 2 rings (SSSR count). The number of amides is 4. The largest absolute Gasteiger partial charge is 0.481 e. The zero-order valence-corrected chi connectivity index (χ0v) is 21.6. The van der Waals surface area contributed by atoms with E-state index in [1.165, 1.54) is 0 Å². The first-order valence-corrected chi connectivity index (χ1v) is 12.2. The number of hydrogen-bond acceptors (Lipinski definition) is 7. The van der Waals surface area contributed by atoms with Crippen molar-refractivity contribution in [3.8, 4) is 0 Å². The lowest BCUT2D eigenvalue weighted by Gasteiger charge is -2.26. The van der Waals surface area contributed by atoms with Crippen LogP contribution in [0.15, 0.2) is 30.5 Å². The molecule has 0 aliphatic carbocycles. The van der Waals surface area contributed by atoms with Crippen LogP contribution in [0.2, 0.25) is 0 Å². The maximum Gasteiger partial charge on any atom is 0.326 e. The van der Waals surface area contributed by atoms with Crippen LogP contribution in [-0.4, -0.2) is 74.9 Å². The molecule has 0 saturated heterocycles. The van der Waals surface area contributed by atoms with Gasteiger partial charge in [0, 0.05) is 23.5 Å². The zero-order valence-electron chi connectivity index (χ0n) is 21.6. The van der Waals surface area contributed by atoms with Gasteiger partial charge < -0.3 is 42.6 Å². The number of carbonyl (C=O) groups is 6. The second-order valence-corrected chi connectivity index (χ2v) is 9.46. The molecule has 4 atom stereocenters. The highest BCUT2D eigenvalue weighted by molar-refractivity contribution is 5.96. The number of hydrogen-bond donors (Lipinski definition) is 8. The molecule has 0 fully saturated rings. The Hall–Kier alpha value is -4.46. The molecule has 14 heteroatoms. The van der Waals surface area contributed by atoms with Gasteiger partial charge in [0.25, 0.3) is 0 Å². The molecule has 2 aromatic rings. The summed E-state index contributed by atoms with van der Waals surface area (Å²) in [6.45, 7) is 3.26. The van der Waals surface area contributed by atoms with E-state index in [0.29, 0.717) is 0 Å². The predicted octanol–water partition coefficient (Wildman–Crippen LogP) is -1.03. The van der Waals surface area contributed by atoms with Crippen molar-refractivity contribution >= 4 is 46.5 Å². The van der Waals surface area contributed by atoms with E-state index >= 15 is 0 Å². The molecule has 0 bridgehead atoms. The van der Waals surface area contributed by atoms with Crippen LogP contribution in [0, 0.1) is 5.92 Å². The van der Waals surface area contributed by atoms with E-state index in [4.69, 9.17) is 11.5 Å². The summed E-state index contributed by atoms with van der Waals surface area (Å²) in [5.41, 5.74) is 12.8. The molecule has 14 nitrogen and oxygen atoms in total. The van der Waals surface area contributed by atoms with Crippen LogP contribution >= 0.6 is 0 Å². The third-order valence-electron chi connectivity index (χ3n) is 6.00. The number of benzene rings is 1. The molecule has 1 aromatic heterocycles. The number of fused-ring (bicyclic) bond motifs is 1. The van der Waals surface area contributed by atoms with E-state index in [2.05, 4.69) is 20.9 Å². The van der Waals surface area contributed by atoms with Crippen molar-refractivity contribution in [2.75, 3.05) is 0 Å². The maximum atomic E-state index is 13.0. The van der Waals surface area contributed by atoms with Crippen LogP contribution in [0.1, 0.15) is 38.7 Å². The van der Waals surface area contributed by atoms with E-state index in [9.17, 15) is 39.0 Å². The number of carbonyl (C=O) groups excluding carboxylic acids is 4. The monoisotopic (exact) mass is 546 g/mol. The predicted molar refractivity (Wildman–Crippen MR) is 139 cm³/mol. The summed E-state index contributed by atoms with van der Waals surface area (Å²) < 4.78 is 0. The molecule has 4 unspecified atom stereocenters. The molecule has 0 saturated carbocycles. The standard InChI is InChI=1S/C25H34N6O8/c1-12(2)21(31-22(35)15(26)9-13-11-28-16-6-4-3-5-14(13)16)24(37)30-18(10-20(33)34)23(36)29-17(25(38)39)7-8-19(27)32/h3-6,11-12,15,17-18,21,28H,7-10,26H2,1-2H3,(H2,27,32)(H,29,36)(H,30,37)(H,31,35)(H,33,34)(H,38,39). The van der Waals surface area contributed by atoms with Gasteiger partial charge >= 0.3 is 11.9 Å². The summed E-state index contributed by atoms with van der Waals surface area (Å²) in [5, 5.41) is 26.4. The molecule has 212 valence electrons. The fraction of sp³-hybridized carbons (Fsp3) is 0.440. The van der Waals surface area contributed by atoms with Crippen molar-refractivity contribution in [2.45, 2.75) is 63.7 Å². The third kappa shape index (κ3) is 9.10. The van der Waals surface area contributed by atoms with Crippen LogP contribution in [0.3, 0.4) is 0 Å². The lowest BCUT2D eigenvalue weighted by molar-refractivity contribution is -0.144. The Morgan fingerprint density at radius 2 is 1.56 bits per heavy atom. The van der Waals surface area contributed by atoms with Crippen LogP contribution in [0.4, 0.5) is 0 Å². The summed E-state index contributed by atoms with van der Waals surface area (Å²) in [6.07, 6.45) is 0.386. The molecule has 0 spiro atoms. The molecule has 0 aliphatic rings. The SMILES string of the molecule is CC(C)C(NC(=O)C(N)Cc1c[nH]c2ccccc12)C(=O)NC(CC(=O)O)C(=O)NC(CCC(N)=O)C(=O)O. The molecule has 10 N–H and O–H groups in total. The summed E-state index contributed by atoms with van der Waals surface area (Å²) in [6, 6.07) is 2.08. The van der Waals surface area contributed by atoms with Gasteiger partial charge in [-0.05, 0) is 30.4 Å². The lowest BCUT2D eigenvalue weighted by atomic mass is 10.0. The highest BCUT2D eigenvalue weighted by Crippen LogP contribution is 2.19. The van der Waals surface area contributed by atoms with E-state index < -0.39 is 72.1 Å². The van der Waals surface area contributed by atoms with E-state index in [1.807, 2.05) is 24.3 Å². The van der Waals surface area contributed by atoms with Crippen molar-refractivity contribution in [1.82, 2.24) is 20.9 Å². The number of H-pyrrole nitrogens is 1. The minimum Gasteiger partial charge on any atom is -0.481 e. The van der Waals surface area contributed by atoms with Gasteiger partial charge in [-0.1, -0.05) is 32.0 Å². The molecule has 39 heavy (non-hydrogen) atoms. The third-order valence-corrected chi connectivity index (χ3v) is 6.00. The Balaban J connectivity index is 2.10. The molecular formula is C25H34N6O8. The number of aliphatic carboxylic acids is 2. The first-order chi connectivity index (χ1) is 18.3. The van der Waals surface area contributed by atoms with Crippen LogP contribution in [0.5, 0.6) is 0 Å². The normalized spacial score (nSPS) is 14.2. The van der Waals surface area contributed by atoms with Gasteiger partial charge in [0.05, 0.1) is 12.5 Å². The van der Waals surface area contributed by atoms with Crippen LogP contribution < -0.4 is 27.4 Å².